The highest BCUT2D eigenvalue weighted by Crippen LogP contribution is 2.36. The Balaban J connectivity index is 1.41. The first-order chi connectivity index (χ1) is 14.3. The van der Waals surface area contributed by atoms with Crippen LogP contribution in [-0.2, 0) is 6.42 Å². The number of aryl methyl sites for hydroxylation is 1. The van der Waals surface area contributed by atoms with Crippen LogP contribution in [0.1, 0.15) is 41.8 Å². The van der Waals surface area contributed by atoms with Crippen molar-refractivity contribution in [1.29, 1.82) is 0 Å². The molecule has 146 valence electrons. The van der Waals surface area contributed by atoms with Gasteiger partial charge < -0.3 is 15.4 Å². The van der Waals surface area contributed by atoms with Crippen molar-refractivity contribution in [1.82, 2.24) is 10.3 Å². The topological polar surface area (TPSA) is 48.0 Å². The number of hydrogen-bond acceptors (Lipinski definition) is 2. The second-order valence-electron chi connectivity index (χ2n) is 7.92. The molecule has 0 saturated carbocycles. The molecule has 3 aromatic carbocycles. The molecule has 29 heavy (non-hydrogen) atoms. The fourth-order valence-electron chi connectivity index (χ4n) is 4.52. The summed E-state index contributed by atoms with van der Waals surface area (Å²) in [5.74, 6) is 0. The molecule has 0 unspecified atom stereocenters. The Labute approximate surface area is 171 Å². The number of benzene rings is 3. The quantitative estimate of drug-likeness (QED) is 0.425. The van der Waals surface area contributed by atoms with E-state index in [2.05, 4.69) is 58.8 Å². The summed E-state index contributed by atoms with van der Waals surface area (Å²) in [7, 11) is 0. The van der Waals surface area contributed by atoms with Gasteiger partial charge in [0.15, 0.2) is 0 Å². The summed E-state index contributed by atoms with van der Waals surface area (Å²) in [6.07, 6.45) is 2.87. The van der Waals surface area contributed by atoms with Crippen molar-refractivity contribution >= 4 is 10.9 Å². The lowest BCUT2D eigenvalue weighted by atomic mass is 9.90. The molecule has 0 saturated heterocycles. The highest BCUT2D eigenvalue weighted by molar-refractivity contribution is 5.89. The Morgan fingerprint density at radius 2 is 1.69 bits per heavy atom. The molecule has 2 atom stereocenters. The zero-order chi connectivity index (χ0) is 19.6. The second-order valence-corrected chi connectivity index (χ2v) is 7.92. The van der Waals surface area contributed by atoms with Gasteiger partial charge in [0.2, 0.25) is 0 Å². The number of hydrogen-bond donors (Lipinski definition) is 3. The maximum absolute atomic E-state index is 10.5. The summed E-state index contributed by atoms with van der Waals surface area (Å²) >= 11 is 0. The molecular weight excluding hydrogens is 356 g/mol. The molecule has 1 aromatic heterocycles. The SMILES string of the molecule is O[C@@H](CN[C@H]1CCCc2c1[nH]c1ccc(-c3ccccc3)cc21)c1ccccc1. The van der Waals surface area contributed by atoms with Gasteiger partial charge in [-0.05, 0) is 53.6 Å². The van der Waals surface area contributed by atoms with Crippen LogP contribution < -0.4 is 5.32 Å². The third kappa shape index (κ3) is 3.59. The Morgan fingerprint density at radius 3 is 2.48 bits per heavy atom. The summed E-state index contributed by atoms with van der Waals surface area (Å²) in [4.78, 5) is 3.66. The first kappa shape index (κ1) is 18.2. The van der Waals surface area contributed by atoms with Crippen LogP contribution in [0.15, 0.2) is 78.9 Å². The van der Waals surface area contributed by atoms with Crippen LogP contribution in [0.5, 0.6) is 0 Å². The predicted molar refractivity (Wildman–Crippen MR) is 119 cm³/mol. The maximum Gasteiger partial charge on any atom is 0.0914 e. The van der Waals surface area contributed by atoms with Gasteiger partial charge in [0.05, 0.1) is 6.10 Å². The molecule has 1 aliphatic carbocycles. The van der Waals surface area contributed by atoms with Crippen LogP contribution in [0, 0.1) is 0 Å². The number of rotatable bonds is 5. The molecule has 5 rings (SSSR count). The zero-order valence-electron chi connectivity index (χ0n) is 16.4. The van der Waals surface area contributed by atoms with E-state index in [0.29, 0.717) is 6.54 Å². The van der Waals surface area contributed by atoms with Gasteiger partial charge in [-0.1, -0.05) is 66.7 Å². The van der Waals surface area contributed by atoms with Crippen molar-refractivity contribution < 1.29 is 5.11 Å². The maximum atomic E-state index is 10.5. The summed E-state index contributed by atoms with van der Waals surface area (Å²) < 4.78 is 0. The molecule has 1 heterocycles. The number of H-pyrrole nitrogens is 1. The highest BCUT2D eigenvalue weighted by atomic mass is 16.3. The van der Waals surface area contributed by atoms with E-state index in [0.717, 1.165) is 24.8 Å². The summed E-state index contributed by atoms with van der Waals surface area (Å²) in [6, 6.07) is 27.4. The van der Waals surface area contributed by atoms with Crippen LogP contribution in [0.25, 0.3) is 22.0 Å². The number of aliphatic hydroxyl groups excluding tert-OH is 1. The van der Waals surface area contributed by atoms with Crippen LogP contribution in [-0.4, -0.2) is 16.6 Å². The molecule has 0 bridgehead atoms. The molecule has 0 fully saturated rings. The predicted octanol–water partition coefficient (Wildman–Crippen LogP) is 5.54. The van der Waals surface area contributed by atoms with Gasteiger partial charge in [-0.15, -0.1) is 0 Å². The molecule has 0 aliphatic heterocycles. The van der Waals surface area contributed by atoms with Crippen molar-refractivity contribution in [2.75, 3.05) is 6.54 Å². The fourth-order valence-corrected chi connectivity index (χ4v) is 4.52. The molecule has 1 aliphatic rings. The standard InChI is InChI=1S/C26H26N2O/c29-25(19-10-5-2-6-11-19)17-27-24-13-7-12-21-22-16-20(18-8-3-1-4-9-18)14-15-23(22)28-26(21)24/h1-6,8-11,14-16,24-25,27-29H,7,12-13,17H2/t24-,25-/m0/s1. The second kappa shape index (κ2) is 7.86. The van der Waals surface area contributed by atoms with E-state index in [9.17, 15) is 5.11 Å². The summed E-state index contributed by atoms with van der Waals surface area (Å²) in [5.41, 5.74) is 7.38. The van der Waals surface area contributed by atoms with Gasteiger partial charge in [-0.25, -0.2) is 0 Å². The van der Waals surface area contributed by atoms with Crippen molar-refractivity contribution in [2.45, 2.75) is 31.4 Å². The first-order valence-corrected chi connectivity index (χ1v) is 10.5. The Bertz CT molecular complexity index is 1100. The number of nitrogens with one attached hydrogen (secondary N) is 2. The molecule has 0 spiro atoms. The van der Waals surface area contributed by atoms with E-state index in [1.54, 1.807) is 0 Å². The van der Waals surface area contributed by atoms with E-state index in [1.165, 1.54) is 33.3 Å². The van der Waals surface area contributed by atoms with Crippen LogP contribution >= 0.6 is 0 Å². The minimum absolute atomic E-state index is 0.254. The van der Waals surface area contributed by atoms with E-state index >= 15 is 0 Å². The lowest BCUT2D eigenvalue weighted by Gasteiger charge is -2.25. The van der Waals surface area contributed by atoms with Gasteiger partial charge >= 0.3 is 0 Å². The molecular formula is C26H26N2O. The van der Waals surface area contributed by atoms with Crippen LogP contribution in [0.3, 0.4) is 0 Å². The number of aromatic amines is 1. The van der Waals surface area contributed by atoms with Gasteiger partial charge in [-0.2, -0.15) is 0 Å². The molecule has 0 amide bonds. The molecule has 3 nitrogen and oxygen atoms in total. The van der Waals surface area contributed by atoms with Crippen molar-refractivity contribution in [3.8, 4) is 11.1 Å². The molecule has 0 radical (unpaired) electrons. The Kier molecular flexibility index (Phi) is 4.92. The van der Waals surface area contributed by atoms with Gasteiger partial charge in [0.25, 0.3) is 0 Å². The molecule has 4 aromatic rings. The average molecular weight is 383 g/mol. The summed E-state index contributed by atoms with van der Waals surface area (Å²) in [5, 5.41) is 15.5. The van der Waals surface area contributed by atoms with Crippen molar-refractivity contribution in [3.63, 3.8) is 0 Å². The van der Waals surface area contributed by atoms with Gasteiger partial charge in [0, 0.05) is 29.2 Å². The number of fused-ring (bicyclic) bond motifs is 3. The van der Waals surface area contributed by atoms with E-state index in [-0.39, 0.29) is 6.04 Å². The first-order valence-electron chi connectivity index (χ1n) is 10.5. The van der Waals surface area contributed by atoms with E-state index in [4.69, 9.17) is 0 Å². The smallest absolute Gasteiger partial charge is 0.0914 e. The lowest BCUT2D eigenvalue weighted by Crippen LogP contribution is -2.29. The summed E-state index contributed by atoms with van der Waals surface area (Å²) in [6.45, 7) is 0.554. The number of aliphatic hydroxyl groups is 1. The Morgan fingerprint density at radius 1 is 0.931 bits per heavy atom. The van der Waals surface area contributed by atoms with Crippen LogP contribution in [0.2, 0.25) is 0 Å². The largest absolute Gasteiger partial charge is 0.387 e. The van der Waals surface area contributed by atoms with Gasteiger partial charge in [-0.3, -0.25) is 0 Å². The molecule has 3 heteroatoms. The third-order valence-corrected chi connectivity index (χ3v) is 6.06. The van der Waals surface area contributed by atoms with E-state index < -0.39 is 6.10 Å². The normalized spacial score (nSPS) is 17.2. The highest BCUT2D eigenvalue weighted by Gasteiger charge is 2.25. The van der Waals surface area contributed by atoms with Crippen LogP contribution in [0.4, 0.5) is 0 Å². The van der Waals surface area contributed by atoms with Crippen molar-refractivity contribution in [3.05, 3.63) is 95.7 Å². The minimum atomic E-state index is -0.490. The number of aromatic nitrogens is 1. The monoisotopic (exact) mass is 382 g/mol. The lowest BCUT2D eigenvalue weighted by molar-refractivity contribution is 0.168. The minimum Gasteiger partial charge on any atom is -0.387 e. The van der Waals surface area contributed by atoms with Crippen molar-refractivity contribution in [2.24, 2.45) is 0 Å². The third-order valence-electron chi connectivity index (χ3n) is 6.06. The zero-order valence-corrected chi connectivity index (χ0v) is 16.4. The average Bonchev–Trinajstić information content (AvgIpc) is 3.17. The Hall–Kier alpha value is -2.88. The van der Waals surface area contributed by atoms with Gasteiger partial charge in [0.1, 0.15) is 0 Å². The van der Waals surface area contributed by atoms with E-state index in [1.807, 2.05) is 30.3 Å². The molecule has 3 N–H and O–H groups in total. The fraction of sp³-hybridized carbons (Fsp3) is 0.231.